The molecular formula is C15H14ClF4NO2. The lowest BCUT2D eigenvalue weighted by atomic mass is 9.99. The van der Waals surface area contributed by atoms with Crippen LogP contribution in [0.25, 0.3) is 0 Å². The first-order valence-corrected chi connectivity index (χ1v) is 6.25. The van der Waals surface area contributed by atoms with Gasteiger partial charge in [-0.15, -0.1) is 25.6 Å². The maximum absolute atomic E-state index is 14.1. The second kappa shape index (κ2) is 7.52. The minimum absolute atomic E-state index is 0. The van der Waals surface area contributed by atoms with Gasteiger partial charge in [-0.2, -0.15) is 0 Å². The van der Waals surface area contributed by atoms with E-state index < -0.39 is 18.2 Å². The van der Waals surface area contributed by atoms with E-state index in [1.807, 2.05) is 0 Å². The minimum atomic E-state index is -4.76. The molecule has 23 heavy (non-hydrogen) atoms. The summed E-state index contributed by atoms with van der Waals surface area (Å²) < 4.78 is 59.0. The Kier molecular flexibility index (Phi) is 6.23. The fourth-order valence-electron chi connectivity index (χ4n) is 1.98. The second-order valence-corrected chi connectivity index (χ2v) is 4.46. The van der Waals surface area contributed by atoms with E-state index in [0.717, 1.165) is 12.1 Å². The average Bonchev–Trinajstić information content (AvgIpc) is 2.46. The van der Waals surface area contributed by atoms with Gasteiger partial charge in [-0.3, -0.25) is 0 Å². The molecule has 0 aromatic heterocycles. The second-order valence-electron chi connectivity index (χ2n) is 4.46. The highest BCUT2D eigenvalue weighted by molar-refractivity contribution is 5.85. The highest BCUT2D eigenvalue weighted by Gasteiger charge is 2.31. The van der Waals surface area contributed by atoms with E-state index in [4.69, 9.17) is 10.5 Å². The van der Waals surface area contributed by atoms with Crippen molar-refractivity contribution in [2.24, 2.45) is 5.73 Å². The molecular weight excluding hydrogens is 338 g/mol. The first-order valence-electron chi connectivity index (χ1n) is 6.25. The molecule has 3 nitrogen and oxygen atoms in total. The van der Waals surface area contributed by atoms with Gasteiger partial charge in [-0.25, -0.2) is 4.39 Å². The van der Waals surface area contributed by atoms with Crippen LogP contribution >= 0.6 is 12.4 Å². The number of rotatable bonds is 4. The summed E-state index contributed by atoms with van der Waals surface area (Å²) in [4.78, 5) is 0. The lowest BCUT2D eigenvalue weighted by Gasteiger charge is -2.16. The Morgan fingerprint density at radius 1 is 1.04 bits per heavy atom. The molecule has 0 fully saturated rings. The Bertz CT molecular complexity index is 647. The van der Waals surface area contributed by atoms with Gasteiger partial charge in [-0.1, -0.05) is 24.3 Å². The van der Waals surface area contributed by atoms with E-state index in [9.17, 15) is 17.6 Å². The number of alkyl halides is 3. The van der Waals surface area contributed by atoms with Crippen LogP contribution in [0.4, 0.5) is 17.6 Å². The molecule has 0 radical (unpaired) electrons. The van der Waals surface area contributed by atoms with Gasteiger partial charge in [0.05, 0.1) is 13.2 Å². The standard InChI is InChI=1S/C15H13F4NO2.ClH/c1-21-12-4-2-3-11(13(12)16)14(20)9-5-7-10(8-6-9)22-15(17,18)19;/h2-8,14H,20H2,1H3;1H/t14-;/m1./s1. The summed E-state index contributed by atoms with van der Waals surface area (Å²) in [6.07, 6.45) is -4.76. The van der Waals surface area contributed by atoms with Crippen molar-refractivity contribution >= 4 is 12.4 Å². The lowest BCUT2D eigenvalue weighted by Crippen LogP contribution is -2.17. The number of methoxy groups -OCH3 is 1. The Morgan fingerprint density at radius 3 is 2.17 bits per heavy atom. The van der Waals surface area contributed by atoms with Crippen molar-refractivity contribution in [3.63, 3.8) is 0 Å². The summed E-state index contributed by atoms with van der Waals surface area (Å²) in [5.74, 6) is -0.923. The van der Waals surface area contributed by atoms with Crippen LogP contribution in [0.3, 0.4) is 0 Å². The van der Waals surface area contributed by atoms with Gasteiger partial charge in [0.15, 0.2) is 11.6 Å². The third kappa shape index (κ3) is 4.74. The van der Waals surface area contributed by atoms with Crippen LogP contribution in [0.5, 0.6) is 11.5 Å². The summed E-state index contributed by atoms with van der Waals surface area (Å²) in [5.41, 5.74) is 6.59. The molecule has 8 heteroatoms. The first kappa shape index (κ1) is 19.1. The van der Waals surface area contributed by atoms with E-state index >= 15 is 0 Å². The van der Waals surface area contributed by atoms with E-state index in [1.54, 1.807) is 6.07 Å². The van der Waals surface area contributed by atoms with Crippen molar-refractivity contribution in [2.75, 3.05) is 7.11 Å². The normalized spacial score (nSPS) is 12.3. The highest BCUT2D eigenvalue weighted by atomic mass is 35.5. The number of hydrogen-bond donors (Lipinski definition) is 1. The zero-order valence-corrected chi connectivity index (χ0v) is 12.7. The summed E-state index contributed by atoms with van der Waals surface area (Å²) >= 11 is 0. The molecule has 0 heterocycles. The Balaban J connectivity index is 0.00000264. The molecule has 0 aliphatic carbocycles. The highest BCUT2D eigenvalue weighted by Crippen LogP contribution is 2.29. The fraction of sp³-hybridized carbons (Fsp3) is 0.200. The molecule has 0 bridgehead atoms. The van der Waals surface area contributed by atoms with Crippen LogP contribution in [0.15, 0.2) is 42.5 Å². The molecule has 0 aliphatic heterocycles. The van der Waals surface area contributed by atoms with Crippen LogP contribution < -0.4 is 15.2 Å². The van der Waals surface area contributed by atoms with E-state index in [0.29, 0.717) is 5.56 Å². The summed E-state index contributed by atoms with van der Waals surface area (Å²) in [6, 6.07) is 8.64. The fourth-order valence-corrected chi connectivity index (χ4v) is 1.98. The molecule has 0 aliphatic rings. The molecule has 0 saturated carbocycles. The van der Waals surface area contributed by atoms with Gasteiger partial charge in [0.25, 0.3) is 0 Å². The summed E-state index contributed by atoms with van der Waals surface area (Å²) in [5, 5.41) is 0. The average molecular weight is 352 g/mol. The van der Waals surface area contributed by atoms with Crippen molar-refractivity contribution < 1.29 is 27.0 Å². The van der Waals surface area contributed by atoms with Gasteiger partial charge < -0.3 is 15.2 Å². The van der Waals surface area contributed by atoms with Crippen LogP contribution in [-0.2, 0) is 0 Å². The van der Waals surface area contributed by atoms with Crippen molar-refractivity contribution in [3.8, 4) is 11.5 Å². The molecule has 2 aromatic carbocycles. The van der Waals surface area contributed by atoms with Gasteiger partial charge in [0, 0.05) is 5.56 Å². The monoisotopic (exact) mass is 351 g/mol. The number of nitrogens with two attached hydrogens (primary N) is 1. The molecule has 126 valence electrons. The Morgan fingerprint density at radius 2 is 1.65 bits per heavy atom. The SMILES string of the molecule is COc1cccc([C@H](N)c2ccc(OC(F)(F)F)cc2)c1F.Cl. The number of hydrogen-bond acceptors (Lipinski definition) is 3. The van der Waals surface area contributed by atoms with Gasteiger partial charge in [0.1, 0.15) is 5.75 Å². The molecule has 0 amide bonds. The third-order valence-electron chi connectivity index (χ3n) is 3.02. The molecule has 1 atom stereocenters. The molecule has 0 spiro atoms. The molecule has 0 unspecified atom stereocenters. The van der Waals surface area contributed by atoms with Gasteiger partial charge in [-0.05, 0) is 23.8 Å². The Hall–Kier alpha value is -1.99. The molecule has 2 N–H and O–H groups in total. The minimum Gasteiger partial charge on any atom is -0.494 e. The van der Waals surface area contributed by atoms with E-state index in [1.165, 1.54) is 31.4 Å². The van der Waals surface area contributed by atoms with Crippen molar-refractivity contribution in [2.45, 2.75) is 12.4 Å². The van der Waals surface area contributed by atoms with E-state index in [2.05, 4.69) is 4.74 Å². The third-order valence-corrected chi connectivity index (χ3v) is 3.02. The van der Waals surface area contributed by atoms with Crippen molar-refractivity contribution in [1.82, 2.24) is 0 Å². The maximum atomic E-state index is 14.1. The Labute approximate surface area is 136 Å². The van der Waals surface area contributed by atoms with Crippen LogP contribution in [0.2, 0.25) is 0 Å². The topological polar surface area (TPSA) is 44.5 Å². The van der Waals surface area contributed by atoms with Crippen LogP contribution in [-0.4, -0.2) is 13.5 Å². The summed E-state index contributed by atoms with van der Waals surface area (Å²) in [6.45, 7) is 0. The summed E-state index contributed by atoms with van der Waals surface area (Å²) in [7, 11) is 1.33. The van der Waals surface area contributed by atoms with Gasteiger partial charge in [0.2, 0.25) is 0 Å². The largest absolute Gasteiger partial charge is 0.573 e. The molecule has 2 aromatic rings. The smallest absolute Gasteiger partial charge is 0.494 e. The number of halogens is 5. The zero-order chi connectivity index (χ0) is 16.3. The van der Waals surface area contributed by atoms with Gasteiger partial charge >= 0.3 is 6.36 Å². The van der Waals surface area contributed by atoms with E-state index in [-0.39, 0.29) is 29.5 Å². The number of benzene rings is 2. The lowest BCUT2D eigenvalue weighted by molar-refractivity contribution is -0.274. The van der Waals surface area contributed by atoms with Crippen molar-refractivity contribution in [3.05, 3.63) is 59.4 Å². The first-order chi connectivity index (χ1) is 10.3. The quantitative estimate of drug-likeness (QED) is 0.839. The van der Waals surface area contributed by atoms with Crippen LogP contribution in [0.1, 0.15) is 17.2 Å². The number of ether oxygens (including phenoxy) is 2. The molecule has 0 saturated heterocycles. The molecule has 2 rings (SSSR count). The van der Waals surface area contributed by atoms with Crippen molar-refractivity contribution in [1.29, 1.82) is 0 Å². The predicted molar refractivity (Wildman–Crippen MR) is 79.4 cm³/mol. The predicted octanol–water partition coefficient (Wildman–Crippen LogP) is 4.20. The van der Waals surface area contributed by atoms with Crippen LogP contribution in [0, 0.1) is 5.82 Å². The zero-order valence-electron chi connectivity index (χ0n) is 11.9. The maximum Gasteiger partial charge on any atom is 0.573 e.